The Morgan fingerprint density at radius 3 is 3.05 bits per heavy atom. The van der Waals surface area contributed by atoms with Gasteiger partial charge >= 0.3 is 0 Å². The number of carbonyl (C=O) groups excluding carboxylic acids is 1. The summed E-state index contributed by atoms with van der Waals surface area (Å²) in [5.74, 6) is 0.412. The van der Waals surface area contributed by atoms with Crippen LogP contribution in [0.1, 0.15) is 43.4 Å². The first-order valence-corrected chi connectivity index (χ1v) is 7.76. The fraction of sp³-hybridized carbons (Fsp3) is 0.625. The van der Waals surface area contributed by atoms with E-state index in [4.69, 9.17) is 4.74 Å². The second-order valence-electron chi connectivity index (χ2n) is 5.85. The van der Waals surface area contributed by atoms with Crippen molar-refractivity contribution in [2.75, 3.05) is 20.3 Å². The van der Waals surface area contributed by atoms with Crippen LogP contribution in [-0.4, -0.2) is 40.8 Å². The molecule has 0 saturated heterocycles. The van der Waals surface area contributed by atoms with Crippen LogP contribution in [0, 0.1) is 0 Å². The topological polar surface area (TPSA) is 47.4 Å². The second-order valence-corrected chi connectivity index (χ2v) is 5.85. The van der Waals surface area contributed by atoms with Crippen molar-refractivity contribution in [2.24, 2.45) is 0 Å². The van der Waals surface area contributed by atoms with E-state index in [1.54, 1.807) is 7.11 Å². The molecule has 0 saturated carbocycles. The molecule has 0 radical (unpaired) electrons. The van der Waals surface area contributed by atoms with E-state index in [0.29, 0.717) is 13.2 Å². The molecular formula is C16H23N3O2. The maximum Gasteiger partial charge on any atom is 0.249 e. The fourth-order valence-corrected chi connectivity index (χ4v) is 3.28. The molecule has 1 aromatic heterocycles. The van der Waals surface area contributed by atoms with Gasteiger partial charge in [0.2, 0.25) is 5.91 Å². The largest absolute Gasteiger partial charge is 0.384 e. The lowest BCUT2D eigenvalue weighted by molar-refractivity contribution is -0.128. The zero-order valence-electron chi connectivity index (χ0n) is 12.8. The van der Waals surface area contributed by atoms with Crippen LogP contribution >= 0.6 is 0 Å². The van der Waals surface area contributed by atoms with Crippen molar-refractivity contribution in [1.82, 2.24) is 14.7 Å². The number of amides is 1. The van der Waals surface area contributed by atoms with Crippen molar-refractivity contribution in [3.63, 3.8) is 0 Å². The van der Waals surface area contributed by atoms with E-state index >= 15 is 0 Å². The highest BCUT2D eigenvalue weighted by atomic mass is 16.5. The lowest BCUT2D eigenvalue weighted by Crippen LogP contribution is -2.39. The predicted octanol–water partition coefficient (Wildman–Crippen LogP) is 2.09. The lowest BCUT2D eigenvalue weighted by Gasteiger charge is -2.32. The number of aryl methyl sites for hydroxylation is 1. The summed E-state index contributed by atoms with van der Waals surface area (Å²) in [6, 6.07) is 0. The molecule has 0 N–H and O–H groups in total. The van der Waals surface area contributed by atoms with Gasteiger partial charge in [-0.1, -0.05) is 6.08 Å². The summed E-state index contributed by atoms with van der Waals surface area (Å²) in [5.41, 5.74) is 3.24. The third kappa shape index (κ3) is 2.75. The van der Waals surface area contributed by atoms with E-state index < -0.39 is 0 Å². The van der Waals surface area contributed by atoms with E-state index in [0.717, 1.165) is 43.6 Å². The summed E-state index contributed by atoms with van der Waals surface area (Å²) in [4.78, 5) is 14.6. The Bertz CT molecular complexity index is 562. The highest BCUT2D eigenvalue weighted by Crippen LogP contribution is 2.30. The van der Waals surface area contributed by atoms with E-state index in [1.165, 1.54) is 5.56 Å². The van der Waals surface area contributed by atoms with Gasteiger partial charge in [-0.25, -0.2) is 0 Å². The van der Waals surface area contributed by atoms with Crippen LogP contribution in [-0.2, 0) is 22.6 Å². The molecule has 0 bridgehead atoms. The van der Waals surface area contributed by atoms with Gasteiger partial charge in [0.25, 0.3) is 0 Å². The Kier molecular flexibility index (Phi) is 4.10. The Hall–Kier alpha value is -1.62. The van der Waals surface area contributed by atoms with E-state index in [1.807, 2.05) is 9.58 Å². The third-order valence-electron chi connectivity index (χ3n) is 4.39. The fourth-order valence-electron chi connectivity index (χ4n) is 3.28. The van der Waals surface area contributed by atoms with Gasteiger partial charge in [-0.15, -0.1) is 0 Å². The summed E-state index contributed by atoms with van der Waals surface area (Å²) in [5, 5.41) is 4.61. The van der Waals surface area contributed by atoms with Gasteiger partial charge in [-0.3, -0.25) is 9.48 Å². The first kappa shape index (κ1) is 14.3. The average molecular weight is 289 g/mol. The minimum absolute atomic E-state index is 0.185. The van der Waals surface area contributed by atoms with Crippen LogP contribution in [0.5, 0.6) is 0 Å². The van der Waals surface area contributed by atoms with Crippen LogP contribution in [0.15, 0.2) is 17.8 Å². The van der Waals surface area contributed by atoms with Crippen molar-refractivity contribution in [3.05, 3.63) is 29.1 Å². The molecule has 1 amide bonds. The smallest absolute Gasteiger partial charge is 0.249 e. The van der Waals surface area contributed by atoms with Gasteiger partial charge in [0, 0.05) is 43.5 Å². The Morgan fingerprint density at radius 1 is 1.52 bits per heavy atom. The van der Waals surface area contributed by atoms with Gasteiger partial charge in [-0.05, 0) is 26.2 Å². The van der Waals surface area contributed by atoms with Gasteiger partial charge in [0.1, 0.15) is 0 Å². The van der Waals surface area contributed by atoms with Crippen molar-refractivity contribution >= 4 is 5.91 Å². The number of hydrogen-bond donors (Lipinski definition) is 0. The minimum Gasteiger partial charge on any atom is -0.384 e. The molecular weight excluding hydrogens is 266 g/mol. The molecule has 2 heterocycles. The third-order valence-corrected chi connectivity index (χ3v) is 4.39. The number of carbonyl (C=O) groups is 1. The van der Waals surface area contributed by atoms with Crippen molar-refractivity contribution in [1.29, 1.82) is 0 Å². The maximum absolute atomic E-state index is 12.6. The average Bonchev–Trinajstić information content (AvgIpc) is 3.15. The summed E-state index contributed by atoms with van der Waals surface area (Å²) in [6.45, 7) is 4.91. The van der Waals surface area contributed by atoms with Crippen LogP contribution in [0.4, 0.5) is 0 Å². The van der Waals surface area contributed by atoms with Crippen LogP contribution in [0.25, 0.3) is 0 Å². The Morgan fingerprint density at radius 2 is 2.38 bits per heavy atom. The first-order chi connectivity index (χ1) is 10.2. The summed E-state index contributed by atoms with van der Waals surface area (Å²) in [6.07, 6.45) is 7.25. The standard InChI is InChI=1S/C16H23N3O2/c1-3-19-9-14-13(11-21-2)8-18(10-15(14)17-19)16(20)12-6-4-5-7-12/h6,9,13H,3-5,7-8,10-11H2,1-2H3/t13-/m0/s1. The summed E-state index contributed by atoms with van der Waals surface area (Å²) < 4.78 is 7.30. The molecule has 1 atom stereocenters. The molecule has 0 unspecified atom stereocenters. The number of nitrogens with zero attached hydrogens (tertiary/aromatic N) is 3. The van der Waals surface area contributed by atoms with Crippen LogP contribution < -0.4 is 0 Å². The SMILES string of the molecule is CCn1cc2c(n1)CN(C(=O)C1=CCCC1)C[C@H]2COC. The summed E-state index contributed by atoms with van der Waals surface area (Å²) >= 11 is 0. The number of hydrogen-bond acceptors (Lipinski definition) is 3. The maximum atomic E-state index is 12.6. The molecule has 1 aliphatic carbocycles. The molecule has 1 aliphatic heterocycles. The van der Waals surface area contributed by atoms with Gasteiger partial charge in [0.15, 0.2) is 0 Å². The Balaban J connectivity index is 1.84. The monoisotopic (exact) mass is 289 g/mol. The number of fused-ring (bicyclic) bond motifs is 1. The highest BCUT2D eigenvalue weighted by molar-refractivity contribution is 5.94. The van der Waals surface area contributed by atoms with Crippen molar-refractivity contribution in [3.8, 4) is 0 Å². The molecule has 3 rings (SSSR count). The zero-order valence-corrected chi connectivity index (χ0v) is 12.8. The number of methoxy groups -OCH3 is 1. The number of aromatic nitrogens is 2. The lowest BCUT2D eigenvalue weighted by atomic mass is 9.95. The van der Waals surface area contributed by atoms with Gasteiger partial charge < -0.3 is 9.64 Å². The van der Waals surface area contributed by atoms with Crippen molar-refractivity contribution < 1.29 is 9.53 Å². The molecule has 0 fully saturated rings. The Labute approximate surface area is 125 Å². The molecule has 0 aromatic carbocycles. The van der Waals surface area contributed by atoms with Gasteiger partial charge in [-0.2, -0.15) is 5.10 Å². The number of rotatable bonds is 4. The zero-order chi connectivity index (χ0) is 14.8. The quantitative estimate of drug-likeness (QED) is 0.852. The minimum atomic E-state index is 0.185. The van der Waals surface area contributed by atoms with Crippen LogP contribution in [0.2, 0.25) is 0 Å². The molecule has 2 aliphatic rings. The number of ether oxygens (including phenoxy) is 1. The van der Waals surface area contributed by atoms with Gasteiger partial charge in [0.05, 0.1) is 18.8 Å². The molecule has 0 spiro atoms. The normalized spacial score (nSPS) is 21.3. The molecule has 21 heavy (non-hydrogen) atoms. The van der Waals surface area contributed by atoms with E-state index in [9.17, 15) is 4.79 Å². The molecule has 5 heteroatoms. The van der Waals surface area contributed by atoms with Crippen molar-refractivity contribution in [2.45, 2.75) is 45.2 Å². The molecule has 1 aromatic rings. The summed E-state index contributed by atoms with van der Waals surface area (Å²) in [7, 11) is 1.71. The van der Waals surface area contributed by atoms with Crippen LogP contribution in [0.3, 0.4) is 0 Å². The first-order valence-electron chi connectivity index (χ1n) is 7.76. The molecule has 5 nitrogen and oxygen atoms in total. The molecule has 114 valence electrons. The van der Waals surface area contributed by atoms with E-state index in [-0.39, 0.29) is 11.8 Å². The number of allylic oxidation sites excluding steroid dienone is 1. The second kappa shape index (κ2) is 6.02. The van der Waals surface area contributed by atoms with E-state index in [2.05, 4.69) is 24.3 Å². The highest BCUT2D eigenvalue weighted by Gasteiger charge is 2.32. The predicted molar refractivity (Wildman–Crippen MR) is 79.9 cm³/mol.